The van der Waals surface area contributed by atoms with Gasteiger partial charge in [-0.05, 0) is 11.1 Å². The molecule has 0 radical (unpaired) electrons. The standard InChI is InChI=1S/C11H12O3/c1-3-8-6-4-5-7-9(8)10(14-2)11(12)13/h3-7,10H,1H2,2H3,(H,12,13). The third-order valence-corrected chi connectivity index (χ3v) is 1.96. The molecule has 0 fully saturated rings. The summed E-state index contributed by atoms with van der Waals surface area (Å²) in [6, 6.07) is 7.13. The lowest BCUT2D eigenvalue weighted by atomic mass is 10.0. The Labute approximate surface area is 82.6 Å². The zero-order valence-electron chi connectivity index (χ0n) is 7.93. The van der Waals surface area contributed by atoms with Gasteiger partial charge in [0.05, 0.1) is 0 Å². The number of carboxylic acids is 1. The molecule has 0 spiro atoms. The summed E-state index contributed by atoms with van der Waals surface area (Å²) in [6.07, 6.45) is 0.689. The minimum Gasteiger partial charge on any atom is -0.479 e. The quantitative estimate of drug-likeness (QED) is 0.794. The van der Waals surface area contributed by atoms with Crippen LogP contribution in [0.1, 0.15) is 17.2 Å². The Morgan fingerprint density at radius 3 is 2.71 bits per heavy atom. The molecule has 0 aliphatic carbocycles. The fraction of sp³-hybridized carbons (Fsp3) is 0.182. The molecule has 0 aliphatic heterocycles. The zero-order chi connectivity index (χ0) is 10.6. The Morgan fingerprint density at radius 2 is 2.21 bits per heavy atom. The third kappa shape index (κ3) is 2.00. The van der Waals surface area contributed by atoms with Gasteiger partial charge in [0.1, 0.15) is 0 Å². The number of rotatable bonds is 4. The summed E-state index contributed by atoms with van der Waals surface area (Å²) in [4.78, 5) is 10.8. The second-order valence-electron chi connectivity index (χ2n) is 2.79. The Bertz CT molecular complexity index is 344. The minimum absolute atomic E-state index is 0.623. The van der Waals surface area contributed by atoms with Gasteiger partial charge in [0.15, 0.2) is 6.10 Å². The van der Waals surface area contributed by atoms with Crippen LogP contribution >= 0.6 is 0 Å². The molecule has 1 rings (SSSR count). The Hall–Kier alpha value is -1.61. The highest BCUT2D eigenvalue weighted by atomic mass is 16.5. The fourth-order valence-electron chi connectivity index (χ4n) is 1.30. The molecule has 14 heavy (non-hydrogen) atoms. The molecule has 1 N–H and O–H groups in total. The van der Waals surface area contributed by atoms with Crippen LogP contribution in [0.25, 0.3) is 6.08 Å². The van der Waals surface area contributed by atoms with Crippen LogP contribution in [0.15, 0.2) is 30.8 Å². The summed E-state index contributed by atoms with van der Waals surface area (Å²) < 4.78 is 4.89. The lowest BCUT2D eigenvalue weighted by molar-refractivity contribution is -0.148. The van der Waals surface area contributed by atoms with E-state index in [9.17, 15) is 4.79 Å². The second-order valence-corrected chi connectivity index (χ2v) is 2.79. The van der Waals surface area contributed by atoms with Crippen molar-refractivity contribution < 1.29 is 14.6 Å². The van der Waals surface area contributed by atoms with Gasteiger partial charge in [-0.2, -0.15) is 0 Å². The Morgan fingerprint density at radius 1 is 1.57 bits per heavy atom. The van der Waals surface area contributed by atoms with Crippen molar-refractivity contribution in [1.29, 1.82) is 0 Å². The van der Waals surface area contributed by atoms with Crippen molar-refractivity contribution in [3.63, 3.8) is 0 Å². The van der Waals surface area contributed by atoms with E-state index in [-0.39, 0.29) is 0 Å². The molecule has 0 bridgehead atoms. The Balaban J connectivity index is 3.15. The molecule has 1 unspecified atom stereocenters. The van der Waals surface area contributed by atoms with Crippen molar-refractivity contribution in [2.45, 2.75) is 6.10 Å². The van der Waals surface area contributed by atoms with Gasteiger partial charge >= 0.3 is 5.97 Å². The second kappa shape index (κ2) is 4.58. The van der Waals surface area contributed by atoms with Gasteiger partial charge in [-0.25, -0.2) is 4.79 Å². The molecule has 1 aromatic carbocycles. The number of ether oxygens (including phenoxy) is 1. The van der Waals surface area contributed by atoms with Crippen molar-refractivity contribution in [3.05, 3.63) is 42.0 Å². The molecule has 0 saturated carbocycles. The summed E-state index contributed by atoms with van der Waals surface area (Å²) >= 11 is 0. The molecule has 74 valence electrons. The first-order chi connectivity index (χ1) is 6.70. The van der Waals surface area contributed by atoms with Crippen LogP contribution in [0.4, 0.5) is 0 Å². The first-order valence-corrected chi connectivity index (χ1v) is 4.17. The van der Waals surface area contributed by atoms with Gasteiger partial charge in [0.25, 0.3) is 0 Å². The van der Waals surface area contributed by atoms with E-state index in [1.165, 1.54) is 7.11 Å². The number of benzene rings is 1. The molecular formula is C11H12O3. The topological polar surface area (TPSA) is 46.5 Å². The minimum atomic E-state index is -0.998. The summed E-state index contributed by atoms with van der Waals surface area (Å²) in [5, 5.41) is 8.89. The van der Waals surface area contributed by atoms with Crippen LogP contribution in [0.3, 0.4) is 0 Å². The molecule has 3 heteroatoms. The van der Waals surface area contributed by atoms with Crippen molar-refractivity contribution in [1.82, 2.24) is 0 Å². The number of carbonyl (C=O) groups is 1. The summed E-state index contributed by atoms with van der Waals surface area (Å²) in [7, 11) is 1.37. The first-order valence-electron chi connectivity index (χ1n) is 4.17. The van der Waals surface area contributed by atoms with E-state index >= 15 is 0 Å². The summed E-state index contributed by atoms with van der Waals surface area (Å²) in [6.45, 7) is 3.62. The van der Waals surface area contributed by atoms with Gasteiger partial charge in [0.2, 0.25) is 0 Å². The number of aliphatic carboxylic acids is 1. The molecule has 1 aromatic rings. The number of hydrogen-bond donors (Lipinski definition) is 1. The van der Waals surface area contributed by atoms with Crippen LogP contribution in [-0.2, 0) is 9.53 Å². The van der Waals surface area contributed by atoms with E-state index in [0.29, 0.717) is 5.56 Å². The molecule has 0 heterocycles. The van der Waals surface area contributed by atoms with E-state index in [2.05, 4.69) is 6.58 Å². The van der Waals surface area contributed by atoms with Gasteiger partial charge in [0, 0.05) is 7.11 Å². The smallest absolute Gasteiger partial charge is 0.337 e. The average molecular weight is 192 g/mol. The maximum atomic E-state index is 10.8. The summed E-state index contributed by atoms with van der Waals surface area (Å²) in [5.74, 6) is -0.998. The number of methoxy groups -OCH3 is 1. The molecule has 0 aromatic heterocycles. The van der Waals surface area contributed by atoms with Crippen LogP contribution in [0.2, 0.25) is 0 Å². The van der Waals surface area contributed by atoms with Crippen LogP contribution in [-0.4, -0.2) is 18.2 Å². The van der Waals surface area contributed by atoms with Crippen LogP contribution in [0, 0.1) is 0 Å². The average Bonchev–Trinajstić information content (AvgIpc) is 2.19. The predicted molar refractivity (Wildman–Crippen MR) is 53.9 cm³/mol. The first kappa shape index (κ1) is 10.5. The van der Waals surface area contributed by atoms with Gasteiger partial charge in [-0.1, -0.05) is 36.9 Å². The van der Waals surface area contributed by atoms with Crippen molar-refractivity contribution in [2.24, 2.45) is 0 Å². The van der Waals surface area contributed by atoms with Crippen LogP contribution < -0.4 is 0 Å². The molecule has 0 saturated heterocycles. The van der Waals surface area contributed by atoms with Crippen molar-refractivity contribution in [3.8, 4) is 0 Å². The summed E-state index contributed by atoms with van der Waals surface area (Å²) in [5.41, 5.74) is 1.40. The van der Waals surface area contributed by atoms with E-state index in [1.807, 2.05) is 6.07 Å². The Kier molecular flexibility index (Phi) is 3.42. The predicted octanol–water partition coefficient (Wildman–Crippen LogP) is 2.10. The third-order valence-electron chi connectivity index (χ3n) is 1.96. The van der Waals surface area contributed by atoms with Gasteiger partial charge in [-0.3, -0.25) is 0 Å². The molecule has 1 atom stereocenters. The SMILES string of the molecule is C=Cc1ccccc1C(OC)C(=O)O. The van der Waals surface area contributed by atoms with Crippen LogP contribution in [0.5, 0.6) is 0 Å². The fourth-order valence-corrected chi connectivity index (χ4v) is 1.30. The van der Waals surface area contributed by atoms with E-state index in [0.717, 1.165) is 5.56 Å². The molecule has 3 nitrogen and oxygen atoms in total. The maximum Gasteiger partial charge on any atom is 0.337 e. The van der Waals surface area contributed by atoms with Crippen molar-refractivity contribution >= 4 is 12.0 Å². The van der Waals surface area contributed by atoms with E-state index < -0.39 is 12.1 Å². The lowest BCUT2D eigenvalue weighted by Crippen LogP contribution is -2.14. The van der Waals surface area contributed by atoms with Gasteiger partial charge in [-0.15, -0.1) is 0 Å². The number of carboxylic acid groups (broad SMARTS) is 1. The highest BCUT2D eigenvalue weighted by Crippen LogP contribution is 2.21. The highest BCUT2D eigenvalue weighted by Gasteiger charge is 2.20. The zero-order valence-corrected chi connectivity index (χ0v) is 7.93. The van der Waals surface area contributed by atoms with E-state index in [1.54, 1.807) is 24.3 Å². The molecule has 0 aliphatic rings. The van der Waals surface area contributed by atoms with Crippen molar-refractivity contribution in [2.75, 3.05) is 7.11 Å². The normalized spacial score (nSPS) is 12.1. The number of hydrogen-bond acceptors (Lipinski definition) is 2. The highest BCUT2D eigenvalue weighted by molar-refractivity contribution is 5.76. The lowest BCUT2D eigenvalue weighted by Gasteiger charge is -2.13. The molecule has 0 amide bonds. The molecular weight excluding hydrogens is 180 g/mol. The maximum absolute atomic E-state index is 10.8. The monoisotopic (exact) mass is 192 g/mol. The van der Waals surface area contributed by atoms with E-state index in [4.69, 9.17) is 9.84 Å². The largest absolute Gasteiger partial charge is 0.479 e. The van der Waals surface area contributed by atoms with Gasteiger partial charge < -0.3 is 9.84 Å².